The number of para-hydroxylation sites is 1. The van der Waals surface area contributed by atoms with E-state index in [0.29, 0.717) is 17.0 Å². The number of nitrogens with zero attached hydrogens (tertiary/aromatic N) is 2. The summed E-state index contributed by atoms with van der Waals surface area (Å²) in [5, 5.41) is 13.0. The molecule has 3 N–H and O–H groups in total. The van der Waals surface area contributed by atoms with Crippen LogP contribution in [0, 0.1) is 11.3 Å². The number of nitriles is 1. The fourth-order valence-electron chi connectivity index (χ4n) is 2.87. The Labute approximate surface area is 161 Å². The third kappa shape index (κ3) is 4.02. The van der Waals surface area contributed by atoms with Gasteiger partial charge in [0.05, 0.1) is 7.11 Å². The maximum absolute atomic E-state index is 12.5. The lowest BCUT2D eigenvalue weighted by Gasteiger charge is -2.05. The van der Waals surface area contributed by atoms with E-state index in [-0.39, 0.29) is 12.1 Å². The zero-order chi connectivity index (χ0) is 20.1. The van der Waals surface area contributed by atoms with Gasteiger partial charge in [-0.3, -0.25) is 9.59 Å². The van der Waals surface area contributed by atoms with Gasteiger partial charge < -0.3 is 20.4 Å². The number of methoxy groups -OCH3 is 1. The summed E-state index contributed by atoms with van der Waals surface area (Å²) in [7, 11) is 1.55. The van der Waals surface area contributed by atoms with Crippen LogP contribution in [-0.2, 0) is 16.1 Å². The van der Waals surface area contributed by atoms with Crippen LogP contribution in [0.25, 0.3) is 17.0 Å². The van der Waals surface area contributed by atoms with Crippen molar-refractivity contribution in [1.29, 1.82) is 5.26 Å². The number of benzene rings is 2. The first kappa shape index (κ1) is 18.7. The molecule has 3 aromatic rings. The summed E-state index contributed by atoms with van der Waals surface area (Å²) in [6, 6.07) is 16.1. The smallest absolute Gasteiger partial charge is 0.266 e. The highest BCUT2D eigenvalue weighted by Crippen LogP contribution is 2.24. The Morgan fingerprint density at radius 1 is 1.21 bits per heavy atom. The molecule has 3 rings (SSSR count). The van der Waals surface area contributed by atoms with Gasteiger partial charge in [-0.05, 0) is 36.4 Å². The first-order chi connectivity index (χ1) is 13.5. The fourth-order valence-corrected chi connectivity index (χ4v) is 2.87. The molecule has 7 nitrogen and oxygen atoms in total. The van der Waals surface area contributed by atoms with Gasteiger partial charge in [0.1, 0.15) is 23.9 Å². The average molecular weight is 374 g/mol. The molecule has 0 aliphatic carbocycles. The minimum Gasteiger partial charge on any atom is -0.497 e. The highest BCUT2D eigenvalue weighted by Gasteiger charge is 2.13. The summed E-state index contributed by atoms with van der Waals surface area (Å²) in [6.07, 6.45) is 3.20. The third-order valence-corrected chi connectivity index (χ3v) is 4.16. The molecule has 28 heavy (non-hydrogen) atoms. The molecule has 2 aromatic carbocycles. The zero-order valence-electron chi connectivity index (χ0n) is 15.2. The van der Waals surface area contributed by atoms with Crippen LogP contribution in [0.1, 0.15) is 5.56 Å². The fraction of sp³-hybridized carbons (Fsp3) is 0.0952. The number of primary amides is 1. The Hall–Kier alpha value is -4.05. The van der Waals surface area contributed by atoms with Crippen molar-refractivity contribution in [1.82, 2.24) is 4.57 Å². The van der Waals surface area contributed by atoms with Crippen molar-refractivity contribution in [3.8, 4) is 11.8 Å². The molecular formula is C21H18N4O3. The van der Waals surface area contributed by atoms with Crippen molar-refractivity contribution < 1.29 is 14.3 Å². The second-order valence-corrected chi connectivity index (χ2v) is 6.05. The molecule has 0 bridgehead atoms. The molecule has 0 fully saturated rings. The van der Waals surface area contributed by atoms with Crippen LogP contribution < -0.4 is 15.8 Å². The van der Waals surface area contributed by atoms with Crippen LogP contribution in [0.5, 0.6) is 5.75 Å². The lowest BCUT2D eigenvalue weighted by atomic mass is 10.1. The second-order valence-electron chi connectivity index (χ2n) is 6.05. The summed E-state index contributed by atoms with van der Waals surface area (Å²) in [5.74, 6) is -0.343. The van der Waals surface area contributed by atoms with Crippen LogP contribution in [-0.4, -0.2) is 23.5 Å². The number of carbonyl (C=O) groups excluding carboxylic acids is 2. The van der Waals surface area contributed by atoms with Crippen molar-refractivity contribution in [3.05, 3.63) is 65.9 Å². The molecular weight excluding hydrogens is 356 g/mol. The SMILES string of the molecule is COc1ccc(NC(=O)C(C#N)=Cc2cn(CC(N)=O)c3ccccc23)cc1. The summed E-state index contributed by atoms with van der Waals surface area (Å²) in [4.78, 5) is 23.8. The Morgan fingerprint density at radius 3 is 2.57 bits per heavy atom. The van der Waals surface area contributed by atoms with Crippen LogP contribution in [0.2, 0.25) is 0 Å². The quantitative estimate of drug-likeness (QED) is 0.510. The van der Waals surface area contributed by atoms with Gasteiger partial charge in [0.15, 0.2) is 0 Å². The minimum absolute atomic E-state index is 0.00822. The van der Waals surface area contributed by atoms with E-state index in [0.717, 1.165) is 10.9 Å². The summed E-state index contributed by atoms with van der Waals surface area (Å²) < 4.78 is 6.78. The number of nitrogens with two attached hydrogens (primary N) is 1. The maximum Gasteiger partial charge on any atom is 0.266 e. The molecule has 2 amide bonds. The van der Waals surface area contributed by atoms with E-state index in [4.69, 9.17) is 10.5 Å². The Morgan fingerprint density at radius 2 is 1.93 bits per heavy atom. The maximum atomic E-state index is 12.5. The molecule has 0 aliphatic heterocycles. The van der Waals surface area contributed by atoms with E-state index in [1.807, 2.05) is 30.3 Å². The third-order valence-electron chi connectivity index (χ3n) is 4.16. The molecule has 0 radical (unpaired) electrons. The molecule has 0 atom stereocenters. The number of aromatic nitrogens is 1. The van der Waals surface area contributed by atoms with E-state index < -0.39 is 11.8 Å². The lowest BCUT2D eigenvalue weighted by Crippen LogP contribution is -2.17. The lowest BCUT2D eigenvalue weighted by molar-refractivity contribution is -0.118. The number of rotatable bonds is 6. The number of hydrogen-bond acceptors (Lipinski definition) is 4. The predicted molar refractivity (Wildman–Crippen MR) is 106 cm³/mol. The molecule has 1 heterocycles. The van der Waals surface area contributed by atoms with Gasteiger partial charge >= 0.3 is 0 Å². The van der Waals surface area contributed by atoms with Gasteiger partial charge in [-0.25, -0.2) is 0 Å². The predicted octanol–water partition coefficient (Wildman–Crippen LogP) is 2.68. The molecule has 0 unspecified atom stereocenters. The number of ether oxygens (including phenoxy) is 1. The van der Waals surface area contributed by atoms with Gasteiger partial charge in [-0.15, -0.1) is 0 Å². The van der Waals surface area contributed by atoms with Gasteiger partial charge in [-0.2, -0.15) is 5.26 Å². The normalized spacial score (nSPS) is 11.1. The Kier molecular flexibility index (Phi) is 5.42. The van der Waals surface area contributed by atoms with Crippen molar-refractivity contribution in [2.24, 2.45) is 5.73 Å². The summed E-state index contributed by atoms with van der Waals surface area (Å²) in [5.41, 5.74) is 7.24. The van der Waals surface area contributed by atoms with Crippen LogP contribution in [0.3, 0.4) is 0 Å². The van der Waals surface area contributed by atoms with Crippen molar-refractivity contribution in [2.75, 3.05) is 12.4 Å². The van der Waals surface area contributed by atoms with E-state index in [9.17, 15) is 14.9 Å². The molecule has 140 valence electrons. The van der Waals surface area contributed by atoms with Gasteiger partial charge in [-0.1, -0.05) is 18.2 Å². The number of nitrogens with one attached hydrogen (secondary N) is 1. The van der Waals surface area contributed by atoms with E-state index in [2.05, 4.69) is 5.32 Å². The van der Waals surface area contributed by atoms with E-state index >= 15 is 0 Å². The van der Waals surface area contributed by atoms with Gasteiger partial charge in [0.2, 0.25) is 5.91 Å². The van der Waals surface area contributed by atoms with E-state index in [1.54, 1.807) is 42.1 Å². The summed E-state index contributed by atoms with van der Waals surface area (Å²) >= 11 is 0. The van der Waals surface area contributed by atoms with Crippen LogP contribution in [0.4, 0.5) is 5.69 Å². The standard InChI is InChI=1S/C21H18N4O3/c1-28-17-8-6-16(7-9-17)24-21(27)14(11-22)10-15-12-25(13-20(23)26)19-5-3-2-4-18(15)19/h2-10,12H,13H2,1H3,(H2,23,26)(H,24,27). The molecule has 0 saturated carbocycles. The number of anilines is 1. The first-order valence-corrected chi connectivity index (χ1v) is 8.45. The molecule has 7 heteroatoms. The van der Waals surface area contributed by atoms with Crippen molar-refractivity contribution in [3.63, 3.8) is 0 Å². The van der Waals surface area contributed by atoms with Crippen molar-refractivity contribution >= 4 is 34.5 Å². The molecule has 0 spiro atoms. The van der Waals surface area contributed by atoms with Crippen LogP contribution >= 0.6 is 0 Å². The Bertz CT molecular complexity index is 1100. The highest BCUT2D eigenvalue weighted by atomic mass is 16.5. The Balaban J connectivity index is 1.92. The number of carbonyl (C=O) groups is 2. The van der Waals surface area contributed by atoms with Crippen molar-refractivity contribution in [2.45, 2.75) is 6.54 Å². The average Bonchev–Trinajstić information content (AvgIpc) is 3.03. The van der Waals surface area contributed by atoms with Gasteiger partial charge in [0, 0.05) is 28.4 Å². The highest BCUT2D eigenvalue weighted by molar-refractivity contribution is 6.10. The number of amides is 2. The monoisotopic (exact) mass is 374 g/mol. The summed E-state index contributed by atoms with van der Waals surface area (Å²) in [6.45, 7) is 0.00822. The minimum atomic E-state index is -0.528. The first-order valence-electron chi connectivity index (χ1n) is 8.45. The topological polar surface area (TPSA) is 110 Å². The second kappa shape index (κ2) is 8.10. The molecule has 1 aromatic heterocycles. The molecule has 0 saturated heterocycles. The molecule has 0 aliphatic rings. The zero-order valence-corrected chi connectivity index (χ0v) is 15.2. The largest absolute Gasteiger partial charge is 0.497 e. The number of hydrogen-bond donors (Lipinski definition) is 2. The van der Waals surface area contributed by atoms with E-state index in [1.165, 1.54) is 6.08 Å². The van der Waals surface area contributed by atoms with Crippen LogP contribution in [0.15, 0.2) is 60.3 Å². The number of fused-ring (bicyclic) bond motifs is 1. The van der Waals surface area contributed by atoms with Gasteiger partial charge in [0.25, 0.3) is 5.91 Å².